The van der Waals surface area contributed by atoms with Crippen molar-refractivity contribution in [2.24, 2.45) is 0 Å². The maximum atomic E-state index is 13.2. The lowest BCUT2D eigenvalue weighted by Gasteiger charge is -2.36. The van der Waals surface area contributed by atoms with Gasteiger partial charge in [0, 0.05) is 22.8 Å². The first kappa shape index (κ1) is 22.1. The van der Waals surface area contributed by atoms with Crippen molar-refractivity contribution in [2.75, 3.05) is 0 Å². The van der Waals surface area contributed by atoms with E-state index in [0.717, 1.165) is 12.1 Å². The average molecular weight is 449 g/mol. The van der Waals surface area contributed by atoms with Crippen LogP contribution in [0.3, 0.4) is 0 Å². The number of nitrogens with zero attached hydrogens (tertiary/aromatic N) is 1. The molecule has 0 aromatic heterocycles. The van der Waals surface area contributed by atoms with Gasteiger partial charge in [-0.25, -0.2) is 0 Å². The maximum absolute atomic E-state index is 13.2. The van der Waals surface area contributed by atoms with Gasteiger partial charge in [0.05, 0.1) is 10.5 Å². The molecular formula is C26H18F3NO3. The molecule has 0 aliphatic rings. The summed E-state index contributed by atoms with van der Waals surface area (Å²) in [7, 11) is 0. The molecule has 0 saturated heterocycles. The highest BCUT2D eigenvalue weighted by Gasteiger charge is 2.41. The smallest absolute Gasteiger partial charge is 0.416 e. The van der Waals surface area contributed by atoms with Crippen molar-refractivity contribution in [1.29, 1.82) is 0 Å². The van der Waals surface area contributed by atoms with Gasteiger partial charge in [-0.2, -0.15) is 13.2 Å². The molecule has 0 unspecified atom stereocenters. The van der Waals surface area contributed by atoms with Gasteiger partial charge in [0.1, 0.15) is 0 Å². The molecule has 0 amide bonds. The molecule has 33 heavy (non-hydrogen) atoms. The molecule has 166 valence electrons. The summed E-state index contributed by atoms with van der Waals surface area (Å²) in [6.07, 6.45) is -4.72. The van der Waals surface area contributed by atoms with Gasteiger partial charge in [0.15, 0.2) is 11.4 Å². The van der Waals surface area contributed by atoms with Gasteiger partial charge in [-0.15, -0.1) is 0 Å². The van der Waals surface area contributed by atoms with Crippen LogP contribution in [0.4, 0.5) is 18.9 Å². The van der Waals surface area contributed by atoms with E-state index >= 15 is 0 Å². The Morgan fingerprint density at radius 1 is 0.636 bits per heavy atom. The van der Waals surface area contributed by atoms with Gasteiger partial charge < -0.3 is 4.74 Å². The first-order valence-corrected chi connectivity index (χ1v) is 10.0. The second-order valence-electron chi connectivity index (χ2n) is 7.32. The van der Waals surface area contributed by atoms with E-state index in [2.05, 4.69) is 0 Å². The summed E-state index contributed by atoms with van der Waals surface area (Å²) in [5, 5.41) is 11.8. The summed E-state index contributed by atoms with van der Waals surface area (Å²) in [5.41, 5.74) is -1.25. The number of benzene rings is 4. The first-order chi connectivity index (χ1) is 15.8. The fraction of sp³-hybridized carbons (Fsp3) is 0.0769. The molecule has 0 saturated carbocycles. The predicted octanol–water partition coefficient (Wildman–Crippen LogP) is 6.98. The summed E-state index contributed by atoms with van der Waals surface area (Å²) >= 11 is 0. The molecule has 0 aliphatic carbocycles. The highest BCUT2D eigenvalue weighted by atomic mass is 19.4. The molecule has 4 nitrogen and oxygen atoms in total. The van der Waals surface area contributed by atoms with E-state index in [0.29, 0.717) is 22.8 Å². The third-order valence-electron chi connectivity index (χ3n) is 5.29. The molecule has 4 rings (SSSR count). The van der Waals surface area contributed by atoms with E-state index in [4.69, 9.17) is 4.74 Å². The van der Waals surface area contributed by atoms with Gasteiger partial charge in [-0.05, 0) is 12.1 Å². The lowest BCUT2D eigenvalue weighted by Crippen LogP contribution is -2.36. The number of nitro benzene ring substituents is 1. The second-order valence-corrected chi connectivity index (χ2v) is 7.32. The zero-order valence-electron chi connectivity index (χ0n) is 17.2. The Balaban J connectivity index is 2.00. The van der Waals surface area contributed by atoms with E-state index < -0.39 is 28.0 Å². The Morgan fingerprint density at radius 2 is 1.06 bits per heavy atom. The number of hydrogen-bond donors (Lipinski definition) is 0. The van der Waals surface area contributed by atoms with Crippen LogP contribution in [0.15, 0.2) is 109 Å². The Hall–Kier alpha value is -4.13. The number of halogens is 3. The summed E-state index contributed by atoms with van der Waals surface area (Å²) in [6, 6.07) is 29.5. The highest BCUT2D eigenvalue weighted by Crippen LogP contribution is 2.44. The molecule has 0 atom stereocenters. The molecule has 4 aromatic carbocycles. The van der Waals surface area contributed by atoms with Crippen LogP contribution in [0.25, 0.3) is 0 Å². The minimum atomic E-state index is -4.72. The molecular weight excluding hydrogens is 431 g/mol. The van der Waals surface area contributed by atoms with Crippen molar-refractivity contribution in [1.82, 2.24) is 0 Å². The molecule has 0 fully saturated rings. The normalized spacial score (nSPS) is 11.7. The first-order valence-electron chi connectivity index (χ1n) is 10.0. The van der Waals surface area contributed by atoms with Crippen molar-refractivity contribution in [3.05, 3.63) is 142 Å². The van der Waals surface area contributed by atoms with Crippen LogP contribution >= 0.6 is 0 Å². The minimum Gasteiger partial charge on any atom is -0.466 e. The summed E-state index contributed by atoms with van der Waals surface area (Å²) in [4.78, 5) is 10.9. The maximum Gasteiger partial charge on any atom is 0.416 e. The summed E-state index contributed by atoms with van der Waals surface area (Å²) in [5.74, 6) is -0.274. The number of nitro groups is 1. The van der Waals surface area contributed by atoms with Gasteiger partial charge in [0.2, 0.25) is 0 Å². The van der Waals surface area contributed by atoms with Crippen molar-refractivity contribution in [3.63, 3.8) is 0 Å². The number of rotatable bonds is 6. The number of hydrogen-bond acceptors (Lipinski definition) is 3. The van der Waals surface area contributed by atoms with Crippen LogP contribution in [0.5, 0.6) is 5.75 Å². The predicted molar refractivity (Wildman–Crippen MR) is 118 cm³/mol. The average Bonchev–Trinajstić information content (AvgIpc) is 2.83. The second kappa shape index (κ2) is 8.78. The molecule has 0 aliphatic heterocycles. The van der Waals surface area contributed by atoms with Crippen molar-refractivity contribution in [3.8, 4) is 5.75 Å². The lowest BCUT2D eigenvalue weighted by atomic mass is 9.80. The molecule has 0 radical (unpaired) electrons. The number of alkyl halides is 3. The third kappa shape index (κ3) is 4.30. The topological polar surface area (TPSA) is 52.4 Å². The molecule has 0 N–H and O–H groups in total. The highest BCUT2D eigenvalue weighted by molar-refractivity contribution is 5.54. The third-order valence-corrected chi connectivity index (χ3v) is 5.29. The zero-order valence-corrected chi connectivity index (χ0v) is 17.2. The van der Waals surface area contributed by atoms with Gasteiger partial charge in [-0.3, -0.25) is 10.1 Å². The summed E-state index contributed by atoms with van der Waals surface area (Å²) in [6.45, 7) is 0. The zero-order chi connectivity index (χ0) is 23.5. The Morgan fingerprint density at radius 3 is 1.42 bits per heavy atom. The molecule has 0 heterocycles. The van der Waals surface area contributed by atoms with Crippen molar-refractivity contribution in [2.45, 2.75) is 11.8 Å². The molecule has 0 spiro atoms. The number of ether oxygens (including phenoxy) is 1. The van der Waals surface area contributed by atoms with E-state index in [9.17, 15) is 23.3 Å². The standard InChI is InChI=1S/C26H18F3NO3/c27-26(28,29)22-16-17-24(23(18-22)30(31)32)33-25(19-10-4-1-5-11-19,20-12-6-2-7-13-20)21-14-8-3-9-15-21/h1-18H. The minimum absolute atomic E-state index is 0.274. The lowest BCUT2D eigenvalue weighted by molar-refractivity contribution is -0.386. The Bertz CT molecular complexity index is 1150. The van der Waals surface area contributed by atoms with E-state index in [1.807, 2.05) is 54.6 Å². The van der Waals surface area contributed by atoms with Gasteiger partial charge in [0.25, 0.3) is 0 Å². The monoisotopic (exact) mass is 449 g/mol. The van der Waals surface area contributed by atoms with Crippen LogP contribution in [0, 0.1) is 10.1 Å². The fourth-order valence-corrected chi connectivity index (χ4v) is 3.78. The largest absolute Gasteiger partial charge is 0.466 e. The summed E-state index contributed by atoms with van der Waals surface area (Å²) < 4.78 is 46.1. The quantitative estimate of drug-likeness (QED) is 0.181. The van der Waals surface area contributed by atoms with Crippen molar-refractivity contribution < 1.29 is 22.8 Å². The Labute approximate surface area is 188 Å². The van der Waals surface area contributed by atoms with E-state index in [1.165, 1.54) is 0 Å². The van der Waals surface area contributed by atoms with E-state index in [1.54, 1.807) is 36.4 Å². The van der Waals surface area contributed by atoms with Crippen LogP contribution < -0.4 is 4.74 Å². The Kier molecular flexibility index (Phi) is 5.87. The van der Waals surface area contributed by atoms with Crippen LogP contribution in [-0.2, 0) is 11.8 Å². The van der Waals surface area contributed by atoms with Gasteiger partial charge >= 0.3 is 11.9 Å². The fourth-order valence-electron chi connectivity index (χ4n) is 3.78. The van der Waals surface area contributed by atoms with Crippen LogP contribution in [0.2, 0.25) is 0 Å². The van der Waals surface area contributed by atoms with Crippen LogP contribution in [0.1, 0.15) is 22.3 Å². The van der Waals surface area contributed by atoms with E-state index in [-0.39, 0.29) is 5.75 Å². The molecule has 4 aromatic rings. The SMILES string of the molecule is O=[N+]([O-])c1cc(C(F)(F)F)ccc1OC(c1ccccc1)(c1ccccc1)c1ccccc1. The molecule has 0 bridgehead atoms. The van der Waals surface area contributed by atoms with Crippen LogP contribution in [-0.4, -0.2) is 4.92 Å². The molecule has 7 heteroatoms. The van der Waals surface area contributed by atoms with Crippen molar-refractivity contribution >= 4 is 5.69 Å². The van der Waals surface area contributed by atoms with Gasteiger partial charge in [-0.1, -0.05) is 91.0 Å².